The molecular weight excluding hydrogens is 224 g/mol. The molecule has 0 radical (unpaired) electrons. The normalized spacial score (nSPS) is 18.3. The summed E-state index contributed by atoms with van der Waals surface area (Å²) in [5, 5.41) is 4.31. The second-order valence-electron chi connectivity index (χ2n) is 5.50. The second-order valence-corrected chi connectivity index (χ2v) is 5.50. The Bertz CT molecular complexity index is 341. The maximum absolute atomic E-state index is 5.67. The van der Waals surface area contributed by atoms with Gasteiger partial charge in [-0.1, -0.05) is 25.7 Å². The van der Waals surface area contributed by atoms with Crippen LogP contribution in [0.2, 0.25) is 0 Å². The van der Waals surface area contributed by atoms with Crippen LogP contribution in [0, 0.1) is 5.92 Å². The molecule has 0 spiro atoms. The van der Waals surface area contributed by atoms with Gasteiger partial charge in [0.1, 0.15) is 0 Å². The maximum Gasteiger partial charge on any atom is 0.0522 e. The molecule has 4 heteroatoms. The predicted molar refractivity (Wildman–Crippen MR) is 73.9 cm³/mol. The van der Waals surface area contributed by atoms with Crippen molar-refractivity contribution in [2.75, 3.05) is 0 Å². The lowest BCUT2D eigenvalue weighted by atomic mass is 9.96. The van der Waals surface area contributed by atoms with Gasteiger partial charge in [-0.3, -0.25) is 16.0 Å². The van der Waals surface area contributed by atoms with Crippen molar-refractivity contribution in [3.63, 3.8) is 0 Å². The summed E-state index contributed by atoms with van der Waals surface area (Å²) in [5.41, 5.74) is 4.25. The Morgan fingerprint density at radius 1 is 1.50 bits per heavy atom. The van der Waals surface area contributed by atoms with E-state index in [0.29, 0.717) is 6.04 Å². The Kier molecular flexibility index (Phi) is 5.20. The first-order valence-electron chi connectivity index (χ1n) is 7.29. The number of rotatable bonds is 7. The highest BCUT2D eigenvalue weighted by atomic mass is 15.3. The fourth-order valence-electron chi connectivity index (χ4n) is 2.95. The van der Waals surface area contributed by atoms with Gasteiger partial charge in [0, 0.05) is 18.8 Å². The largest absolute Gasteiger partial charge is 0.273 e. The average Bonchev–Trinajstić information content (AvgIpc) is 3.05. The van der Waals surface area contributed by atoms with Crippen molar-refractivity contribution in [2.24, 2.45) is 11.8 Å². The van der Waals surface area contributed by atoms with E-state index in [-0.39, 0.29) is 0 Å². The molecule has 1 atom stereocenters. The summed E-state index contributed by atoms with van der Waals surface area (Å²) in [6, 6.07) is 0.389. The van der Waals surface area contributed by atoms with Crippen LogP contribution in [0.25, 0.3) is 0 Å². The lowest BCUT2D eigenvalue weighted by Crippen LogP contribution is -2.37. The molecule has 0 aromatic carbocycles. The summed E-state index contributed by atoms with van der Waals surface area (Å²) in [6.07, 6.45) is 13.3. The van der Waals surface area contributed by atoms with E-state index in [4.69, 9.17) is 5.84 Å². The zero-order valence-corrected chi connectivity index (χ0v) is 11.4. The summed E-state index contributed by atoms with van der Waals surface area (Å²) in [6.45, 7) is 3.04. The van der Waals surface area contributed by atoms with Crippen LogP contribution in [0.4, 0.5) is 0 Å². The van der Waals surface area contributed by atoms with Crippen LogP contribution in [0.1, 0.15) is 51.0 Å². The molecular formula is C14H26N4. The number of hydrogen-bond acceptors (Lipinski definition) is 3. The van der Waals surface area contributed by atoms with E-state index in [0.717, 1.165) is 18.9 Å². The molecule has 0 amide bonds. The summed E-state index contributed by atoms with van der Waals surface area (Å²) in [4.78, 5) is 0. The van der Waals surface area contributed by atoms with Gasteiger partial charge in [-0.15, -0.1) is 0 Å². The minimum absolute atomic E-state index is 0.389. The molecule has 1 saturated carbocycles. The number of nitrogens with zero attached hydrogens (tertiary/aromatic N) is 2. The molecule has 1 aliphatic rings. The number of aromatic nitrogens is 2. The molecule has 2 rings (SSSR count). The van der Waals surface area contributed by atoms with Crippen LogP contribution in [-0.2, 0) is 13.0 Å². The van der Waals surface area contributed by atoms with Gasteiger partial charge in [0.05, 0.1) is 6.20 Å². The molecule has 4 nitrogen and oxygen atoms in total. The highest BCUT2D eigenvalue weighted by Gasteiger charge is 2.17. The van der Waals surface area contributed by atoms with Crippen LogP contribution in [0.15, 0.2) is 12.4 Å². The molecule has 3 N–H and O–H groups in total. The Balaban J connectivity index is 1.77. The zero-order valence-electron chi connectivity index (χ0n) is 11.4. The third-order valence-corrected chi connectivity index (χ3v) is 4.13. The van der Waals surface area contributed by atoms with E-state index in [9.17, 15) is 0 Å². The van der Waals surface area contributed by atoms with Crippen LogP contribution < -0.4 is 11.3 Å². The molecule has 1 fully saturated rings. The monoisotopic (exact) mass is 250 g/mol. The molecule has 1 aromatic heterocycles. The van der Waals surface area contributed by atoms with E-state index in [1.54, 1.807) is 0 Å². The molecule has 1 aliphatic carbocycles. The van der Waals surface area contributed by atoms with Gasteiger partial charge in [-0.2, -0.15) is 5.10 Å². The van der Waals surface area contributed by atoms with Gasteiger partial charge < -0.3 is 0 Å². The number of nitrogens with one attached hydrogen (secondary N) is 1. The third kappa shape index (κ3) is 3.82. The molecule has 1 heterocycles. The molecule has 18 heavy (non-hydrogen) atoms. The molecule has 1 unspecified atom stereocenters. The van der Waals surface area contributed by atoms with Crippen molar-refractivity contribution in [1.29, 1.82) is 0 Å². The fourth-order valence-corrected chi connectivity index (χ4v) is 2.95. The lowest BCUT2D eigenvalue weighted by Gasteiger charge is -2.17. The minimum Gasteiger partial charge on any atom is -0.273 e. The summed E-state index contributed by atoms with van der Waals surface area (Å²) in [7, 11) is 0. The van der Waals surface area contributed by atoms with Crippen LogP contribution in [-0.4, -0.2) is 15.8 Å². The predicted octanol–water partition coefficient (Wildman–Crippen LogP) is 2.25. The first-order valence-corrected chi connectivity index (χ1v) is 7.29. The smallest absolute Gasteiger partial charge is 0.0522 e. The van der Waals surface area contributed by atoms with Crippen LogP contribution in [0.5, 0.6) is 0 Å². The molecule has 102 valence electrons. The maximum atomic E-state index is 5.67. The van der Waals surface area contributed by atoms with E-state index in [2.05, 4.69) is 23.6 Å². The molecule has 0 saturated heterocycles. The number of hydrazine groups is 1. The van der Waals surface area contributed by atoms with E-state index < -0.39 is 0 Å². The van der Waals surface area contributed by atoms with Crippen molar-refractivity contribution in [2.45, 2.75) is 64.5 Å². The quantitative estimate of drug-likeness (QED) is 0.576. The Morgan fingerprint density at radius 3 is 2.89 bits per heavy atom. The van der Waals surface area contributed by atoms with Crippen molar-refractivity contribution < 1.29 is 0 Å². The highest BCUT2D eigenvalue weighted by Crippen LogP contribution is 2.29. The number of nitrogens with two attached hydrogens (primary N) is 1. The summed E-state index contributed by atoms with van der Waals surface area (Å²) < 4.78 is 1.97. The zero-order chi connectivity index (χ0) is 12.8. The standard InChI is InChI=1S/C14H26N4/c1-2-18-11-13(10-16-18)9-14(17-15)8-7-12-5-3-4-6-12/h10-12,14,17H,2-9,15H2,1H3. The van der Waals surface area contributed by atoms with Crippen molar-refractivity contribution in [3.05, 3.63) is 18.0 Å². The van der Waals surface area contributed by atoms with Crippen molar-refractivity contribution >= 4 is 0 Å². The summed E-state index contributed by atoms with van der Waals surface area (Å²) in [5.74, 6) is 6.61. The van der Waals surface area contributed by atoms with Gasteiger partial charge >= 0.3 is 0 Å². The van der Waals surface area contributed by atoms with Gasteiger partial charge in [-0.05, 0) is 37.7 Å². The van der Waals surface area contributed by atoms with E-state index in [1.165, 1.54) is 44.1 Å². The topological polar surface area (TPSA) is 55.9 Å². The Hall–Kier alpha value is -0.870. The van der Waals surface area contributed by atoms with Crippen molar-refractivity contribution in [3.8, 4) is 0 Å². The fraction of sp³-hybridized carbons (Fsp3) is 0.786. The van der Waals surface area contributed by atoms with Crippen molar-refractivity contribution in [1.82, 2.24) is 15.2 Å². The minimum atomic E-state index is 0.389. The van der Waals surface area contributed by atoms with Crippen LogP contribution in [0.3, 0.4) is 0 Å². The Morgan fingerprint density at radius 2 is 2.28 bits per heavy atom. The molecule has 0 aliphatic heterocycles. The number of hydrogen-bond donors (Lipinski definition) is 2. The molecule has 0 bridgehead atoms. The van der Waals surface area contributed by atoms with E-state index >= 15 is 0 Å². The first kappa shape index (κ1) is 13.6. The SMILES string of the molecule is CCn1cc(CC(CCC2CCCC2)NN)cn1. The Labute approximate surface area is 110 Å². The number of aryl methyl sites for hydroxylation is 1. The van der Waals surface area contributed by atoms with Gasteiger partial charge in [0.2, 0.25) is 0 Å². The summed E-state index contributed by atoms with van der Waals surface area (Å²) >= 11 is 0. The van der Waals surface area contributed by atoms with Gasteiger partial charge in [0.25, 0.3) is 0 Å². The van der Waals surface area contributed by atoms with E-state index in [1.807, 2.05) is 10.9 Å². The molecule has 1 aromatic rings. The highest BCUT2D eigenvalue weighted by molar-refractivity contribution is 5.06. The third-order valence-electron chi connectivity index (χ3n) is 4.13. The van der Waals surface area contributed by atoms with Gasteiger partial charge in [0.15, 0.2) is 0 Å². The average molecular weight is 250 g/mol. The second kappa shape index (κ2) is 6.90. The van der Waals surface area contributed by atoms with Crippen LogP contribution >= 0.6 is 0 Å². The van der Waals surface area contributed by atoms with Gasteiger partial charge in [-0.25, -0.2) is 0 Å². The first-order chi connectivity index (χ1) is 8.81. The lowest BCUT2D eigenvalue weighted by molar-refractivity contribution is 0.407.